The van der Waals surface area contributed by atoms with Gasteiger partial charge in [-0.2, -0.15) is 0 Å². The Morgan fingerprint density at radius 1 is 0.407 bits per heavy atom. The van der Waals surface area contributed by atoms with Gasteiger partial charge in [-0.1, -0.05) is 57.8 Å². The van der Waals surface area contributed by atoms with E-state index in [0.717, 1.165) is 0 Å². The molecule has 3 saturated carbocycles. The lowest BCUT2D eigenvalue weighted by Crippen LogP contribution is -2.71. The lowest BCUT2D eigenvalue weighted by Gasteiger charge is -2.57. The van der Waals surface area contributed by atoms with Gasteiger partial charge in [-0.3, -0.25) is 0 Å². The quantitative estimate of drug-likeness (QED) is 0.444. The van der Waals surface area contributed by atoms with Crippen molar-refractivity contribution >= 4 is 25.7 Å². The van der Waals surface area contributed by atoms with Gasteiger partial charge < -0.3 is 12.3 Å². The predicted molar refractivity (Wildman–Crippen MR) is 119 cm³/mol. The van der Waals surface area contributed by atoms with Crippen LogP contribution in [-0.4, -0.2) is 25.7 Å². The minimum Gasteiger partial charge on any atom is -0.415 e. The van der Waals surface area contributed by atoms with Crippen LogP contribution in [-0.2, 0) is 12.3 Å². The fraction of sp³-hybridized carbons (Fsp3) is 1.00. The first-order valence-corrected chi connectivity index (χ1v) is 19.2. The van der Waals surface area contributed by atoms with Crippen molar-refractivity contribution in [3.8, 4) is 0 Å². The van der Waals surface area contributed by atoms with Crippen LogP contribution in [0, 0.1) is 0 Å². The molecule has 1 aliphatic heterocycles. The molecule has 0 unspecified atom stereocenters. The maximum Gasteiger partial charge on any atom is 0.320 e. The molecule has 0 aromatic carbocycles. The van der Waals surface area contributed by atoms with E-state index < -0.39 is 25.7 Å². The number of hydrogen-bond donors (Lipinski definition) is 0. The molecule has 0 aromatic heterocycles. The van der Waals surface area contributed by atoms with Crippen LogP contribution in [0.5, 0.6) is 0 Å². The first-order valence-electron chi connectivity index (χ1n) is 12.0. The molecule has 3 nitrogen and oxygen atoms in total. The molecule has 156 valence electrons. The van der Waals surface area contributed by atoms with Gasteiger partial charge in [-0.15, -0.1) is 0 Å². The SMILES string of the molecule is C[Si]1(C2CCCCC2)O[Si](C)(C2CCCCC2)O[Si](C)(C2CCCCC2)O1. The third kappa shape index (κ3) is 4.36. The van der Waals surface area contributed by atoms with Crippen LogP contribution in [0.2, 0.25) is 36.3 Å². The van der Waals surface area contributed by atoms with Gasteiger partial charge in [0.25, 0.3) is 0 Å². The van der Waals surface area contributed by atoms with E-state index in [-0.39, 0.29) is 0 Å². The highest BCUT2D eigenvalue weighted by Gasteiger charge is 2.63. The van der Waals surface area contributed by atoms with Crippen LogP contribution >= 0.6 is 0 Å². The van der Waals surface area contributed by atoms with E-state index in [4.69, 9.17) is 12.3 Å². The predicted octanol–water partition coefficient (Wildman–Crippen LogP) is 7.27. The van der Waals surface area contributed by atoms with Crippen LogP contribution in [0.4, 0.5) is 0 Å². The first kappa shape index (κ1) is 20.8. The summed E-state index contributed by atoms with van der Waals surface area (Å²) in [5.41, 5.74) is 2.13. The lowest BCUT2D eigenvalue weighted by molar-refractivity contribution is 0.180. The molecule has 0 spiro atoms. The molecule has 1 heterocycles. The van der Waals surface area contributed by atoms with Crippen molar-refractivity contribution in [2.45, 2.75) is 133 Å². The fourth-order valence-corrected chi connectivity index (χ4v) is 26.3. The molecule has 6 heteroatoms. The van der Waals surface area contributed by atoms with E-state index in [1.165, 1.54) is 96.3 Å². The molecular weight excluding hydrogens is 384 g/mol. The highest BCUT2D eigenvalue weighted by Crippen LogP contribution is 2.53. The molecule has 3 aliphatic carbocycles. The molecule has 4 rings (SSSR count). The zero-order valence-electron chi connectivity index (χ0n) is 18.1. The van der Waals surface area contributed by atoms with Crippen molar-refractivity contribution in [1.82, 2.24) is 0 Å². The Morgan fingerprint density at radius 2 is 0.630 bits per heavy atom. The smallest absolute Gasteiger partial charge is 0.320 e. The summed E-state index contributed by atoms with van der Waals surface area (Å²) in [5, 5.41) is 0. The van der Waals surface area contributed by atoms with Gasteiger partial charge in [0.15, 0.2) is 0 Å². The van der Waals surface area contributed by atoms with Gasteiger partial charge >= 0.3 is 25.7 Å². The molecule has 4 fully saturated rings. The average Bonchev–Trinajstić information content (AvgIpc) is 2.69. The Kier molecular flexibility index (Phi) is 6.42. The molecule has 27 heavy (non-hydrogen) atoms. The normalized spacial score (nSPS) is 43.7. The van der Waals surface area contributed by atoms with Gasteiger partial charge in [-0.05, 0) is 58.2 Å². The van der Waals surface area contributed by atoms with Crippen molar-refractivity contribution in [3.63, 3.8) is 0 Å². The number of hydrogen-bond acceptors (Lipinski definition) is 3. The minimum absolute atomic E-state index is 0.709. The van der Waals surface area contributed by atoms with Gasteiger partial charge in [-0.25, -0.2) is 0 Å². The Hall–Kier alpha value is 0.531. The third-order valence-corrected chi connectivity index (χ3v) is 24.2. The maximum atomic E-state index is 7.19. The molecule has 4 aliphatic rings. The van der Waals surface area contributed by atoms with E-state index in [9.17, 15) is 0 Å². The summed E-state index contributed by atoms with van der Waals surface area (Å²) in [6.45, 7) is 7.36. The lowest BCUT2D eigenvalue weighted by atomic mass is 10.0. The van der Waals surface area contributed by atoms with Crippen molar-refractivity contribution in [3.05, 3.63) is 0 Å². The fourth-order valence-electron chi connectivity index (χ4n) is 6.65. The van der Waals surface area contributed by atoms with Gasteiger partial charge in [0.05, 0.1) is 0 Å². The monoisotopic (exact) mass is 426 g/mol. The Labute approximate surface area is 170 Å². The number of rotatable bonds is 3. The van der Waals surface area contributed by atoms with Crippen LogP contribution in [0.15, 0.2) is 0 Å². The Bertz CT molecular complexity index is 420. The standard InChI is InChI=1S/C21H42O3Si3/c1-25(19-13-7-4-8-14-19)22-26(2,20-15-9-5-10-16-20)24-27(3,23-25)21-17-11-6-12-18-21/h19-21H,4-18H2,1-3H3. The summed E-state index contributed by atoms with van der Waals surface area (Å²) >= 11 is 0. The van der Waals surface area contributed by atoms with E-state index in [1.54, 1.807) is 0 Å². The summed E-state index contributed by atoms with van der Waals surface area (Å²) in [6.07, 6.45) is 20.5. The second-order valence-corrected chi connectivity index (χ2v) is 21.4. The van der Waals surface area contributed by atoms with E-state index in [0.29, 0.717) is 16.6 Å². The highest BCUT2D eigenvalue weighted by atomic mass is 28.5. The van der Waals surface area contributed by atoms with Crippen molar-refractivity contribution < 1.29 is 12.3 Å². The largest absolute Gasteiger partial charge is 0.415 e. The molecule has 0 aromatic rings. The minimum atomic E-state index is -2.18. The van der Waals surface area contributed by atoms with Gasteiger partial charge in [0.1, 0.15) is 0 Å². The molecular formula is C21H42O3Si3. The van der Waals surface area contributed by atoms with Crippen LogP contribution in [0.25, 0.3) is 0 Å². The molecule has 1 saturated heterocycles. The topological polar surface area (TPSA) is 27.7 Å². The van der Waals surface area contributed by atoms with Gasteiger partial charge in [0, 0.05) is 16.6 Å². The summed E-state index contributed by atoms with van der Waals surface area (Å²) < 4.78 is 21.6. The second kappa shape index (κ2) is 8.34. The highest BCUT2D eigenvalue weighted by molar-refractivity contribution is 6.95. The Balaban J connectivity index is 1.63. The summed E-state index contributed by atoms with van der Waals surface area (Å²) in [6, 6.07) is 0. The van der Waals surface area contributed by atoms with Crippen LogP contribution in [0.3, 0.4) is 0 Å². The summed E-state index contributed by atoms with van der Waals surface area (Å²) in [5.74, 6) is 0. The first-order chi connectivity index (χ1) is 12.9. The third-order valence-electron chi connectivity index (χ3n) is 8.26. The van der Waals surface area contributed by atoms with Crippen molar-refractivity contribution in [1.29, 1.82) is 0 Å². The molecule has 0 atom stereocenters. The van der Waals surface area contributed by atoms with Crippen molar-refractivity contribution in [2.75, 3.05) is 0 Å². The molecule has 0 bridgehead atoms. The van der Waals surface area contributed by atoms with E-state index in [1.807, 2.05) is 0 Å². The van der Waals surface area contributed by atoms with Crippen LogP contribution in [0.1, 0.15) is 96.3 Å². The zero-order valence-corrected chi connectivity index (χ0v) is 21.1. The molecule has 0 amide bonds. The Morgan fingerprint density at radius 3 is 0.852 bits per heavy atom. The average molecular weight is 427 g/mol. The molecule has 0 N–H and O–H groups in total. The van der Waals surface area contributed by atoms with Crippen LogP contribution < -0.4 is 0 Å². The van der Waals surface area contributed by atoms with E-state index in [2.05, 4.69) is 19.6 Å². The summed E-state index contributed by atoms with van der Waals surface area (Å²) in [7, 11) is -6.53. The second-order valence-electron chi connectivity index (χ2n) is 10.4. The van der Waals surface area contributed by atoms with Gasteiger partial charge in [0.2, 0.25) is 0 Å². The van der Waals surface area contributed by atoms with E-state index >= 15 is 0 Å². The van der Waals surface area contributed by atoms with Crippen molar-refractivity contribution in [2.24, 2.45) is 0 Å². The maximum absolute atomic E-state index is 7.19. The zero-order chi connectivity index (χ0) is 19.0. The molecule has 0 radical (unpaired) electrons. The summed E-state index contributed by atoms with van der Waals surface area (Å²) in [4.78, 5) is 0.